The van der Waals surface area contributed by atoms with Crippen LogP contribution in [0.1, 0.15) is 39.8 Å². The first-order chi connectivity index (χ1) is 12.9. The maximum atomic E-state index is 13.6. The number of carbonyl (C=O) groups is 2. The lowest BCUT2D eigenvalue weighted by Gasteiger charge is -2.06. The standard InChI is InChI=1S/C20H23FN4O2/c1-4-22-7-8-23-20(27)18-11(2)17(24-12(18)3)10-15-14-9-13(21)5-6-16(14)25-19(15)26/h5-6,9-10,22,24H,4,7-8H2,1-3H3,(H,23,27)(H,25,26)/b15-10+. The van der Waals surface area contributed by atoms with Crippen molar-refractivity contribution in [2.75, 3.05) is 25.0 Å². The van der Waals surface area contributed by atoms with Gasteiger partial charge in [0.25, 0.3) is 11.8 Å². The lowest BCUT2D eigenvalue weighted by Crippen LogP contribution is -2.32. The predicted molar refractivity (Wildman–Crippen MR) is 104 cm³/mol. The summed E-state index contributed by atoms with van der Waals surface area (Å²) in [5.74, 6) is -0.860. The van der Waals surface area contributed by atoms with Gasteiger partial charge in [-0.05, 0) is 50.2 Å². The highest BCUT2D eigenvalue weighted by Crippen LogP contribution is 2.34. The molecule has 0 unspecified atom stereocenters. The first-order valence-corrected chi connectivity index (χ1v) is 8.93. The zero-order valence-electron chi connectivity index (χ0n) is 15.6. The van der Waals surface area contributed by atoms with Gasteiger partial charge in [0.2, 0.25) is 0 Å². The van der Waals surface area contributed by atoms with Crippen molar-refractivity contribution in [1.29, 1.82) is 0 Å². The van der Waals surface area contributed by atoms with E-state index < -0.39 is 5.82 Å². The molecular formula is C20H23FN4O2. The van der Waals surface area contributed by atoms with Crippen molar-refractivity contribution in [2.45, 2.75) is 20.8 Å². The topological polar surface area (TPSA) is 86.0 Å². The number of aromatic amines is 1. The second-order valence-electron chi connectivity index (χ2n) is 6.48. The van der Waals surface area contributed by atoms with Gasteiger partial charge in [0.1, 0.15) is 5.82 Å². The minimum atomic E-state index is -0.406. The third-order valence-corrected chi connectivity index (χ3v) is 4.59. The Balaban J connectivity index is 1.89. The zero-order chi connectivity index (χ0) is 19.6. The van der Waals surface area contributed by atoms with E-state index in [9.17, 15) is 14.0 Å². The number of aryl methyl sites for hydroxylation is 1. The van der Waals surface area contributed by atoms with E-state index >= 15 is 0 Å². The molecule has 2 amide bonds. The normalized spacial score (nSPS) is 14.4. The molecule has 142 valence electrons. The SMILES string of the molecule is CCNCCNC(=O)c1c(C)[nH]c(/C=C2/C(=O)Nc3ccc(F)cc32)c1C. The van der Waals surface area contributed by atoms with Crippen LogP contribution in [0.5, 0.6) is 0 Å². The summed E-state index contributed by atoms with van der Waals surface area (Å²) < 4.78 is 13.6. The Morgan fingerprint density at radius 1 is 1.26 bits per heavy atom. The fourth-order valence-electron chi connectivity index (χ4n) is 3.24. The number of nitrogens with one attached hydrogen (secondary N) is 4. The van der Waals surface area contributed by atoms with Gasteiger partial charge in [0.05, 0.1) is 11.1 Å². The van der Waals surface area contributed by atoms with E-state index in [2.05, 4.69) is 20.9 Å². The number of rotatable bonds is 6. The summed E-state index contributed by atoms with van der Waals surface area (Å²) in [6.45, 7) is 7.72. The monoisotopic (exact) mass is 370 g/mol. The number of H-pyrrole nitrogens is 1. The third kappa shape index (κ3) is 3.78. The predicted octanol–water partition coefficient (Wildman–Crippen LogP) is 2.60. The molecule has 27 heavy (non-hydrogen) atoms. The smallest absolute Gasteiger partial charge is 0.256 e. The Bertz CT molecular complexity index is 930. The highest BCUT2D eigenvalue weighted by Gasteiger charge is 2.26. The number of hydrogen-bond acceptors (Lipinski definition) is 3. The molecular weight excluding hydrogens is 347 g/mol. The summed E-state index contributed by atoms with van der Waals surface area (Å²) >= 11 is 0. The van der Waals surface area contributed by atoms with Crippen LogP contribution in [-0.4, -0.2) is 36.4 Å². The van der Waals surface area contributed by atoms with Crippen LogP contribution in [0, 0.1) is 19.7 Å². The maximum Gasteiger partial charge on any atom is 0.256 e. The van der Waals surface area contributed by atoms with Crippen molar-refractivity contribution < 1.29 is 14.0 Å². The molecule has 0 saturated carbocycles. The van der Waals surface area contributed by atoms with Crippen LogP contribution in [-0.2, 0) is 4.79 Å². The second-order valence-corrected chi connectivity index (χ2v) is 6.48. The molecule has 0 spiro atoms. The summed E-state index contributed by atoms with van der Waals surface area (Å²) in [7, 11) is 0. The van der Waals surface area contributed by atoms with Gasteiger partial charge in [-0.15, -0.1) is 0 Å². The van der Waals surface area contributed by atoms with Crippen molar-refractivity contribution >= 4 is 29.2 Å². The number of aromatic nitrogens is 1. The lowest BCUT2D eigenvalue weighted by atomic mass is 10.0. The quantitative estimate of drug-likeness (QED) is 0.466. The minimum Gasteiger partial charge on any atom is -0.358 e. The number of halogens is 1. The van der Waals surface area contributed by atoms with E-state index in [1.807, 2.05) is 20.8 Å². The van der Waals surface area contributed by atoms with Crippen molar-refractivity contribution in [2.24, 2.45) is 0 Å². The van der Waals surface area contributed by atoms with Crippen LogP contribution in [0.3, 0.4) is 0 Å². The van der Waals surface area contributed by atoms with Gasteiger partial charge in [-0.25, -0.2) is 4.39 Å². The first kappa shape index (κ1) is 18.8. The van der Waals surface area contributed by atoms with Gasteiger partial charge in [0, 0.05) is 35.7 Å². The van der Waals surface area contributed by atoms with Crippen molar-refractivity contribution in [3.8, 4) is 0 Å². The van der Waals surface area contributed by atoms with Gasteiger partial charge >= 0.3 is 0 Å². The molecule has 7 heteroatoms. The summed E-state index contributed by atoms with van der Waals surface area (Å²) in [4.78, 5) is 27.9. The largest absolute Gasteiger partial charge is 0.358 e. The highest BCUT2D eigenvalue weighted by molar-refractivity contribution is 6.34. The molecule has 4 N–H and O–H groups in total. The van der Waals surface area contributed by atoms with E-state index in [1.54, 1.807) is 12.1 Å². The third-order valence-electron chi connectivity index (χ3n) is 4.59. The Kier molecular flexibility index (Phi) is 5.41. The molecule has 1 aromatic carbocycles. The van der Waals surface area contributed by atoms with Gasteiger partial charge < -0.3 is 20.9 Å². The molecule has 2 aromatic rings. The lowest BCUT2D eigenvalue weighted by molar-refractivity contribution is -0.110. The van der Waals surface area contributed by atoms with E-state index in [0.29, 0.717) is 41.2 Å². The van der Waals surface area contributed by atoms with E-state index in [-0.39, 0.29) is 11.8 Å². The van der Waals surface area contributed by atoms with E-state index in [0.717, 1.165) is 17.8 Å². The molecule has 1 aliphatic heterocycles. The van der Waals surface area contributed by atoms with Crippen LogP contribution in [0.4, 0.5) is 10.1 Å². The fraction of sp³-hybridized carbons (Fsp3) is 0.300. The number of benzene rings is 1. The van der Waals surface area contributed by atoms with Crippen LogP contribution in [0.15, 0.2) is 18.2 Å². The summed E-state index contributed by atoms with van der Waals surface area (Å²) in [5, 5.41) is 8.76. The number of hydrogen-bond donors (Lipinski definition) is 4. The number of amides is 2. The van der Waals surface area contributed by atoms with Gasteiger partial charge in [-0.3, -0.25) is 9.59 Å². The highest BCUT2D eigenvalue weighted by atomic mass is 19.1. The van der Waals surface area contributed by atoms with E-state index in [4.69, 9.17) is 0 Å². The molecule has 0 saturated heterocycles. The molecule has 2 heterocycles. The number of carbonyl (C=O) groups excluding carboxylic acids is 2. The zero-order valence-corrected chi connectivity index (χ0v) is 15.6. The van der Waals surface area contributed by atoms with Crippen LogP contribution in [0.2, 0.25) is 0 Å². The van der Waals surface area contributed by atoms with Crippen LogP contribution >= 0.6 is 0 Å². The Hall–Kier alpha value is -2.93. The van der Waals surface area contributed by atoms with Crippen LogP contribution < -0.4 is 16.0 Å². The average Bonchev–Trinajstić information content (AvgIpc) is 3.08. The Morgan fingerprint density at radius 3 is 2.78 bits per heavy atom. The molecule has 0 aliphatic carbocycles. The molecule has 6 nitrogen and oxygen atoms in total. The van der Waals surface area contributed by atoms with Crippen molar-refractivity contribution in [3.63, 3.8) is 0 Å². The summed E-state index contributed by atoms with van der Waals surface area (Å²) in [6, 6.07) is 4.18. The van der Waals surface area contributed by atoms with Crippen molar-refractivity contribution in [1.82, 2.24) is 15.6 Å². The molecule has 1 aliphatic rings. The van der Waals surface area contributed by atoms with Crippen molar-refractivity contribution in [3.05, 3.63) is 52.1 Å². The second kappa shape index (κ2) is 7.75. The summed E-state index contributed by atoms with van der Waals surface area (Å²) in [6.07, 6.45) is 1.67. The van der Waals surface area contributed by atoms with Gasteiger partial charge in [-0.1, -0.05) is 6.92 Å². The van der Waals surface area contributed by atoms with Crippen LogP contribution in [0.25, 0.3) is 11.6 Å². The number of anilines is 1. The average molecular weight is 370 g/mol. The first-order valence-electron chi connectivity index (χ1n) is 8.93. The molecule has 0 atom stereocenters. The Labute approximate surface area is 157 Å². The number of fused-ring (bicyclic) bond motifs is 1. The maximum absolute atomic E-state index is 13.6. The van der Waals surface area contributed by atoms with Gasteiger partial charge in [0.15, 0.2) is 0 Å². The fourth-order valence-corrected chi connectivity index (χ4v) is 3.24. The van der Waals surface area contributed by atoms with Gasteiger partial charge in [-0.2, -0.15) is 0 Å². The molecule has 0 bridgehead atoms. The number of likely N-dealkylation sites (N-methyl/N-ethyl adjacent to an activating group) is 1. The molecule has 1 aromatic heterocycles. The molecule has 0 fully saturated rings. The minimum absolute atomic E-state index is 0.161. The molecule has 0 radical (unpaired) electrons. The van der Waals surface area contributed by atoms with E-state index in [1.165, 1.54) is 12.1 Å². The summed E-state index contributed by atoms with van der Waals surface area (Å²) in [5.41, 5.74) is 4.16. The Morgan fingerprint density at radius 2 is 2.04 bits per heavy atom. The molecule has 3 rings (SSSR count).